The van der Waals surface area contributed by atoms with Gasteiger partial charge in [-0.3, -0.25) is 14.4 Å². The van der Waals surface area contributed by atoms with Crippen LogP contribution >= 0.6 is 0 Å². The molecule has 0 aromatic carbocycles. The summed E-state index contributed by atoms with van der Waals surface area (Å²) in [6, 6.07) is 0. The molecule has 0 aliphatic heterocycles. The topological polar surface area (TPSA) is 78.9 Å². The molecular formula is C74H118O6. The van der Waals surface area contributed by atoms with E-state index in [1.807, 2.05) is 0 Å². The maximum atomic E-state index is 12.9. The average molecular weight is 1100 g/mol. The van der Waals surface area contributed by atoms with Gasteiger partial charge in [-0.05, 0) is 122 Å². The maximum Gasteiger partial charge on any atom is 0.306 e. The van der Waals surface area contributed by atoms with Gasteiger partial charge in [0.25, 0.3) is 0 Å². The molecule has 0 aliphatic carbocycles. The van der Waals surface area contributed by atoms with Crippen LogP contribution in [0.25, 0.3) is 0 Å². The lowest BCUT2D eigenvalue weighted by atomic mass is 10.0. The molecule has 1 atom stereocenters. The van der Waals surface area contributed by atoms with Gasteiger partial charge in [0.1, 0.15) is 13.2 Å². The summed E-state index contributed by atoms with van der Waals surface area (Å²) < 4.78 is 16.8. The maximum absolute atomic E-state index is 12.9. The fourth-order valence-electron chi connectivity index (χ4n) is 8.49. The Hall–Kier alpha value is -4.97. The molecule has 80 heavy (non-hydrogen) atoms. The lowest BCUT2D eigenvalue weighted by Crippen LogP contribution is -2.30. The van der Waals surface area contributed by atoms with Crippen LogP contribution in [0.15, 0.2) is 158 Å². The SMILES string of the molecule is CC/C=C\C/C=C\C/C=C\C/C=C\C/C=C\C/C=C\C/C=C\C/C=C\C/C=C\CCCC(=O)OCC(COC(=O)CCCCCCCC)OC(=O)CCCCCCCCCCCCCCCC/C=C\C/C=C\C/C=C\C/C=C\CC. The minimum absolute atomic E-state index is 0.101. The third-order valence-corrected chi connectivity index (χ3v) is 13.3. The molecule has 0 radical (unpaired) electrons. The highest BCUT2D eigenvalue weighted by molar-refractivity contribution is 5.71. The van der Waals surface area contributed by atoms with E-state index in [4.69, 9.17) is 14.2 Å². The smallest absolute Gasteiger partial charge is 0.306 e. The zero-order chi connectivity index (χ0) is 57.8. The molecule has 0 bridgehead atoms. The van der Waals surface area contributed by atoms with Gasteiger partial charge in [0.05, 0.1) is 0 Å². The number of rotatable bonds is 57. The van der Waals surface area contributed by atoms with E-state index in [0.717, 1.165) is 128 Å². The van der Waals surface area contributed by atoms with E-state index in [2.05, 4.69) is 179 Å². The first-order valence-corrected chi connectivity index (χ1v) is 32.5. The Kier molecular flexibility index (Phi) is 62.4. The zero-order valence-corrected chi connectivity index (χ0v) is 51.5. The number of ether oxygens (including phenoxy) is 3. The Labute approximate surface area is 492 Å². The summed E-state index contributed by atoms with van der Waals surface area (Å²) in [4.78, 5) is 38.0. The first-order chi connectivity index (χ1) is 39.5. The second-order valence-electron chi connectivity index (χ2n) is 20.9. The summed E-state index contributed by atoms with van der Waals surface area (Å²) in [6.07, 6.45) is 97.2. The highest BCUT2D eigenvalue weighted by atomic mass is 16.6. The van der Waals surface area contributed by atoms with Crippen LogP contribution in [0.4, 0.5) is 0 Å². The summed E-state index contributed by atoms with van der Waals surface area (Å²) in [6.45, 7) is 6.30. The molecule has 6 heteroatoms. The van der Waals surface area contributed by atoms with Crippen LogP contribution in [0, 0.1) is 0 Å². The number of hydrogen-bond donors (Lipinski definition) is 0. The van der Waals surface area contributed by atoms with Crippen molar-refractivity contribution in [3.05, 3.63) is 158 Å². The van der Waals surface area contributed by atoms with E-state index >= 15 is 0 Å². The van der Waals surface area contributed by atoms with Gasteiger partial charge in [-0.15, -0.1) is 0 Å². The summed E-state index contributed by atoms with van der Waals surface area (Å²) in [7, 11) is 0. The van der Waals surface area contributed by atoms with Crippen molar-refractivity contribution < 1.29 is 28.6 Å². The molecule has 0 amide bonds. The number of hydrogen-bond acceptors (Lipinski definition) is 6. The molecule has 450 valence electrons. The minimum atomic E-state index is -0.806. The van der Waals surface area contributed by atoms with Gasteiger partial charge in [0.2, 0.25) is 0 Å². The normalized spacial score (nSPS) is 13.2. The third kappa shape index (κ3) is 63.9. The Morgan fingerprint density at radius 1 is 0.263 bits per heavy atom. The van der Waals surface area contributed by atoms with Crippen molar-refractivity contribution in [2.24, 2.45) is 0 Å². The largest absolute Gasteiger partial charge is 0.462 e. The second kappa shape index (κ2) is 66.5. The molecule has 0 saturated carbocycles. The highest BCUT2D eigenvalue weighted by Gasteiger charge is 2.19. The quantitative estimate of drug-likeness (QED) is 0.0261. The molecule has 0 rings (SSSR count). The number of unbranched alkanes of at least 4 members (excludes halogenated alkanes) is 20. The van der Waals surface area contributed by atoms with Crippen molar-refractivity contribution in [1.29, 1.82) is 0 Å². The number of carbonyl (C=O) groups is 3. The Morgan fingerprint density at radius 2 is 0.500 bits per heavy atom. The predicted molar refractivity (Wildman–Crippen MR) is 348 cm³/mol. The molecule has 1 unspecified atom stereocenters. The fraction of sp³-hybridized carbons (Fsp3) is 0.608. The zero-order valence-electron chi connectivity index (χ0n) is 51.5. The van der Waals surface area contributed by atoms with Crippen molar-refractivity contribution in [3.8, 4) is 0 Å². The molecule has 0 fully saturated rings. The van der Waals surface area contributed by atoms with E-state index < -0.39 is 6.10 Å². The van der Waals surface area contributed by atoms with Crippen LogP contribution in [0.1, 0.15) is 271 Å². The Balaban J connectivity index is 4.22. The minimum Gasteiger partial charge on any atom is -0.462 e. The lowest BCUT2D eigenvalue weighted by Gasteiger charge is -2.18. The third-order valence-electron chi connectivity index (χ3n) is 13.3. The molecule has 0 aromatic rings. The first kappa shape index (κ1) is 75.0. The van der Waals surface area contributed by atoms with Crippen LogP contribution in [0.3, 0.4) is 0 Å². The van der Waals surface area contributed by atoms with Crippen LogP contribution in [-0.4, -0.2) is 37.2 Å². The molecule has 0 spiro atoms. The van der Waals surface area contributed by atoms with E-state index in [-0.39, 0.29) is 37.5 Å². The van der Waals surface area contributed by atoms with Crippen LogP contribution in [0.2, 0.25) is 0 Å². The summed E-state index contributed by atoms with van der Waals surface area (Å²) >= 11 is 0. The predicted octanol–water partition coefficient (Wildman–Crippen LogP) is 22.5. The molecule has 0 aromatic heterocycles. The molecule has 6 nitrogen and oxygen atoms in total. The van der Waals surface area contributed by atoms with Gasteiger partial charge in [-0.1, -0.05) is 288 Å². The van der Waals surface area contributed by atoms with E-state index in [0.29, 0.717) is 19.3 Å². The van der Waals surface area contributed by atoms with E-state index in [1.165, 1.54) is 96.3 Å². The number of esters is 3. The lowest BCUT2D eigenvalue weighted by molar-refractivity contribution is -0.167. The average Bonchev–Trinajstić information content (AvgIpc) is 3.46. The van der Waals surface area contributed by atoms with Gasteiger partial charge in [-0.2, -0.15) is 0 Å². The van der Waals surface area contributed by atoms with E-state index in [1.54, 1.807) is 0 Å². The van der Waals surface area contributed by atoms with E-state index in [9.17, 15) is 14.4 Å². The van der Waals surface area contributed by atoms with Crippen molar-refractivity contribution in [3.63, 3.8) is 0 Å². The highest BCUT2D eigenvalue weighted by Crippen LogP contribution is 2.15. The first-order valence-electron chi connectivity index (χ1n) is 32.5. The van der Waals surface area contributed by atoms with Gasteiger partial charge in [0.15, 0.2) is 6.10 Å². The molecule has 0 aliphatic rings. The Morgan fingerprint density at radius 3 is 0.812 bits per heavy atom. The summed E-state index contributed by atoms with van der Waals surface area (Å²) in [5.74, 6) is -0.976. The van der Waals surface area contributed by atoms with Crippen molar-refractivity contribution in [2.45, 2.75) is 277 Å². The summed E-state index contributed by atoms with van der Waals surface area (Å²) in [5, 5.41) is 0. The van der Waals surface area contributed by atoms with Crippen molar-refractivity contribution in [2.75, 3.05) is 13.2 Å². The van der Waals surface area contributed by atoms with Crippen LogP contribution in [-0.2, 0) is 28.6 Å². The summed E-state index contributed by atoms with van der Waals surface area (Å²) in [5.41, 5.74) is 0. The van der Waals surface area contributed by atoms with Crippen molar-refractivity contribution in [1.82, 2.24) is 0 Å². The monoisotopic (exact) mass is 1100 g/mol. The second-order valence-corrected chi connectivity index (χ2v) is 20.9. The van der Waals surface area contributed by atoms with Crippen molar-refractivity contribution >= 4 is 17.9 Å². The van der Waals surface area contributed by atoms with Gasteiger partial charge in [-0.25, -0.2) is 0 Å². The standard InChI is InChI=1S/C74H118O6/c1-4-7-10-13-16-18-20-22-24-26-28-30-32-34-36-37-39-40-42-44-46-48-50-52-54-56-58-61-64-67-73(76)79-70-71(69-78-72(75)66-63-60-15-12-9-6-3)80-74(77)68-65-62-59-57-55-53-51-49-47-45-43-41-38-35-33-31-29-27-25-23-21-19-17-14-11-8-5-2/h7-8,10-11,16-19,22-25,28-31,34,36,39-40,44,46,50,52,56,58,71H,4-6,9,12-15,20-21,26-27,32-33,35,37-38,41-43,45,47-49,51,53-55,57,59-70H2,1-3H3/b10-7-,11-8-,18-16-,19-17-,24-22-,25-23-,30-28-,31-29-,36-34-,40-39-,46-44-,52-50-,58-56-. The molecule has 0 saturated heterocycles. The van der Waals surface area contributed by atoms with Gasteiger partial charge in [0, 0.05) is 19.3 Å². The fourth-order valence-corrected chi connectivity index (χ4v) is 8.49. The molecule has 0 N–H and O–H groups in total. The van der Waals surface area contributed by atoms with Crippen LogP contribution < -0.4 is 0 Å². The van der Waals surface area contributed by atoms with Gasteiger partial charge < -0.3 is 14.2 Å². The number of carbonyl (C=O) groups excluding carboxylic acids is 3. The number of allylic oxidation sites excluding steroid dienone is 26. The van der Waals surface area contributed by atoms with Gasteiger partial charge >= 0.3 is 17.9 Å². The Bertz CT molecular complexity index is 1790. The molecular weight excluding hydrogens is 985 g/mol. The van der Waals surface area contributed by atoms with Crippen LogP contribution in [0.5, 0.6) is 0 Å². The molecule has 0 heterocycles.